The average molecular weight is 461 g/mol. The third kappa shape index (κ3) is 5.40. The normalized spacial score (nSPS) is 18.8. The van der Waals surface area contributed by atoms with Crippen molar-refractivity contribution in [3.05, 3.63) is 47.7 Å². The summed E-state index contributed by atoms with van der Waals surface area (Å²) < 4.78 is 32.5. The number of rotatable bonds is 8. The van der Waals surface area contributed by atoms with Crippen LogP contribution in [0.4, 0.5) is 5.69 Å². The number of para-hydroxylation sites is 1. The molecule has 0 atom stereocenters. The van der Waals surface area contributed by atoms with E-state index in [-0.39, 0.29) is 11.0 Å². The second-order valence-corrected chi connectivity index (χ2v) is 10.3. The lowest BCUT2D eigenvalue weighted by atomic mass is 10.1. The molecule has 174 valence electrons. The monoisotopic (exact) mass is 460 g/mol. The largest absolute Gasteiger partial charge is 0.447 e. The van der Waals surface area contributed by atoms with Crippen molar-refractivity contribution in [1.29, 1.82) is 0 Å². The van der Waals surface area contributed by atoms with E-state index in [4.69, 9.17) is 4.42 Å². The molecule has 2 saturated heterocycles. The molecule has 0 aliphatic carbocycles. The molecule has 0 spiro atoms. The Morgan fingerprint density at radius 2 is 1.66 bits per heavy atom. The lowest BCUT2D eigenvalue weighted by Gasteiger charge is -2.33. The lowest BCUT2D eigenvalue weighted by molar-refractivity contribution is -0.117. The molecule has 0 saturated carbocycles. The predicted molar refractivity (Wildman–Crippen MR) is 123 cm³/mol. The Labute approximate surface area is 190 Å². The van der Waals surface area contributed by atoms with E-state index in [0.717, 1.165) is 56.7 Å². The van der Waals surface area contributed by atoms with Crippen LogP contribution in [0.1, 0.15) is 31.1 Å². The van der Waals surface area contributed by atoms with Gasteiger partial charge in [0, 0.05) is 45.0 Å². The number of nitrogens with one attached hydrogen (secondary N) is 1. The number of hydrogen-bond acceptors (Lipinski definition) is 6. The van der Waals surface area contributed by atoms with Crippen LogP contribution in [0.5, 0.6) is 0 Å². The fourth-order valence-corrected chi connectivity index (χ4v) is 5.75. The first-order valence-corrected chi connectivity index (χ1v) is 12.8. The molecule has 2 aliphatic heterocycles. The second-order valence-electron chi connectivity index (χ2n) is 8.44. The van der Waals surface area contributed by atoms with Gasteiger partial charge in [0.1, 0.15) is 5.76 Å². The Hall–Kier alpha value is -2.20. The summed E-state index contributed by atoms with van der Waals surface area (Å²) in [5.74, 6) is 0.660. The number of carbonyl (C=O) groups is 1. The molecule has 1 N–H and O–H groups in total. The highest BCUT2D eigenvalue weighted by molar-refractivity contribution is 7.89. The van der Waals surface area contributed by atoms with Crippen molar-refractivity contribution in [1.82, 2.24) is 14.1 Å². The highest BCUT2D eigenvalue weighted by Crippen LogP contribution is 2.23. The highest BCUT2D eigenvalue weighted by Gasteiger charge is 2.30. The zero-order chi connectivity index (χ0) is 22.6. The number of hydrogen-bond donors (Lipinski definition) is 1. The first-order valence-electron chi connectivity index (χ1n) is 11.4. The summed E-state index contributed by atoms with van der Waals surface area (Å²) in [6, 6.07) is 11.2. The van der Waals surface area contributed by atoms with Gasteiger partial charge in [0.05, 0.1) is 13.1 Å². The van der Waals surface area contributed by atoms with Crippen molar-refractivity contribution in [2.24, 2.45) is 0 Å². The van der Waals surface area contributed by atoms with Gasteiger partial charge in [0.25, 0.3) is 10.0 Å². The quantitative estimate of drug-likeness (QED) is 0.651. The Kier molecular flexibility index (Phi) is 7.30. The molecule has 0 unspecified atom stereocenters. The van der Waals surface area contributed by atoms with Crippen molar-refractivity contribution in [3.8, 4) is 0 Å². The van der Waals surface area contributed by atoms with E-state index < -0.39 is 10.0 Å². The van der Waals surface area contributed by atoms with Gasteiger partial charge in [-0.25, -0.2) is 8.42 Å². The minimum atomic E-state index is -3.52. The van der Waals surface area contributed by atoms with E-state index in [0.29, 0.717) is 31.9 Å². The fraction of sp³-hybridized carbons (Fsp3) is 0.522. The maximum absolute atomic E-state index is 12.6. The maximum Gasteiger partial charge on any atom is 0.276 e. The Morgan fingerprint density at radius 1 is 0.969 bits per heavy atom. The molecule has 2 aromatic rings. The van der Waals surface area contributed by atoms with Crippen molar-refractivity contribution < 1.29 is 17.6 Å². The number of nitrogens with zero attached hydrogens (tertiary/aromatic N) is 3. The summed E-state index contributed by atoms with van der Waals surface area (Å²) in [6.45, 7) is 7.31. The van der Waals surface area contributed by atoms with Gasteiger partial charge in [0.2, 0.25) is 11.0 Å². The molecular weight excluding hydrogens is 428 g/mol. The van der Waals surface area contributed by atoms with Gasteiger partial charge in [-0.15, -0.1) is 0 Å². The predicted octanol–water partition coefficient (Wildman–Crippen LogP) is 2.38. The maximum atomic E-state index is 12.6. The highest BCUT2D eigenvalue weighted by atomic mass is 32.2. The van der Waals surface area contributed by atoms with Crippen LogP contribution in [0.25, 0.3) is 0 Å². The van der Waals surface area contributed by atoms with E-state index in [1.807, 2.05) is 24.3 Å². The number of amides is 1. The Morgan fingerprint density at radius 3 is 2.38 bits per heavy atom. The number of piperazine rings is 1. The van der Waals surface area contributed by atoms with Gasteiger partial charge < -0.3 is 9.73 Å². The minimum Gasteiger partial charge on any atom is -0.447 e. The number of furan rings is 1. The molecule has 32 heavy (non-hydrogen) atoms. The number of sulfonamides is 1. The fourth-order valence-electron chi connectivity index (χ4n) is 4.31. The summed E-state index contributed by atoms with van der Waals surface area (Å²) >= 11 is 0. The van der Waals surface area contributed by atoms with Crippen molar-refractivity contribution in [3.63, 3.8) is 0 Å². The third-order valence-corrected chi connectivity index (χ3v) is 7.95. The van der Waals surface area contributed by atoms with Gasteiger partial charge in [0.15, 0.2) is 0 Å². The van der Waals surface area contributed by atoms with Crippen LogP contribution in [-0.4, -0.2) is 74.2 Å². The zero-order valence-corrected chi connectivity index (χ0v) is 19.4. The molecule has 2 aliphatic rings. The molecule has 3 heterocycles. The molecule has 0 radical (unpaired) electrons. The molecular formula is C23H32N4O4S. The number of carbonyl (C=O) groups excluding carboxylic acids is 1. The van der Waals surface area contributed by atoms with Crippen LogP contribution in [-0.2, 0) is 27.8 Å². The van der Waals surface area contributed by atoms with Crippen molar-refractivity contribution >= 4 is 21.6 Å². The summed E-state index contributed by atoms with van der Waals surface area (Å²) in [6.07, 6.45) is 2.68. The van der Waals surface area contributed by atoms with Gasteiger partial charge in [-0.05, 0) is 43.0 Å². The van der Waals surface area contributed by atoms with Crippen molar-refractivity contribution in [2.45, 2.75) is 37.8 Å². The molecule has 2 fully saturated rings. The van der Waals surface area contributed by atoms with Crippen LogP contribution in [0.3, 0.4) is 0 Å². The van der Waals surface area contributed by atoms with E-state index in [9.17, 15) is 13.2 Å². The standard InChI is InChI=1S/C23H32N4O4S/c1-2-19-7-3-4-8-21(19)24-22(28)18-26-15-13-25(14-16-26)17-20-9-10-23(31-20)32(29,30)27-11-5-6-12-27/h3-4,7-10H,2,5-6,11-18H2,1H3,(H,24,28). The summed E-state index contributed by atoms with van der Waals surface area (Å²) in [4.78, 5) is 16.9. The zero-order valence-electron chi connectivity index (χ0n) is 18.6. The van der Waals surface area contributed by atoms with E-state index in [2.05, 4.69) is 22.0 Å². The van der Waals surface area contributed by atoms with Crippen LogP contribution in [0, 0.1) is 0 Å². The number of aryl methyl sites for hydroxylation is 1. The van der Waals surface area contributed by atoms with Gasteiger partial charge in [-0.1, -0.05) is 25.1 Å². The van der Waals surface area contributed by atoms with E-state index in [1.165, 1.54) is 4.31 Å². The van der Waals surface area contributed by atoms with Crippen LogP contribution >= 0.6 is 0 Å². The first kappa shape index (κ1) is 23.0. The molecule has 1 aromatic heterocycles. The Balaban J connectivity index is 1.25. The minimum absolute atomic E-state index is 0.00199. The summed E-state index contributed by atoms with van der Waals surface area (Å²) in [7, 11) is -3.52. The average Bonchev–Trinajstić information content (AvgIpc) is 3.48. The molecule has 1 amide bonds. The first-order chi connectivity index (χ1) is 15.5. The molecule has 8 nitrogen and oxygen atoms in total. The third-order valence-electron chi connectivity index (χ3n) is 6.18. The second kappa shape index (κ2) is 10.2. The Bertz CT molecular complexity index is 1020. The topological polar surface area (TPSA) is 86.1 Å². The molecule has 4 rings (SSSR count). The van der Waals surface area contributed by atoms with E-state index >= 15 is 0 Å². The molecule has 1 aromatic carbocycles. The van der Waals surface area contributed by atoms with Crippen LogP contribution in [0.2, 0.25) is 0 Å². The number of anilines is 1. The van der Waals surface area contributed by atoms with Crippen LogP contribution < -0.4 is 5.32 Å². The smallest absolute Gasteiger partial charge is 0.276 e. The summed E-state index contributed by atoms with van der Waals surface area (Å²) in [5.41, 5.74) is 2.02. The lowest BCUT2D eigenvalue weighted by Crippen LogP contribution is -2.48. The van der Waals surface area contributed by atoms with Crippen LogP contribution in [0.15, 0.2) is 45.9 Å². The SMILES string of the molecule is CCc1ccccc1NC(=O)CN1CCN(Cc2ccc(S(=O)(=O)N3CCCC3)o2)CC1. The molecule has 0 bridgehead atoms. The van der Waals surface area contributed by atoms with E-state index in [1.54, 1.807) is 12.1 Å². The summed E-state index contributed by atoms with van der Waals surface area (Å²) in [5, 5.41) is 3.07. The van der Waals surface area contributed by atoms with Gasteiger partial charge >= 0.3 is 0 Å². The molecule has 9 heteroatoms. The van der Waals surface area contributed by atoms with Gasteiger partial charge in [-0.2, -0.15) is 4.31 Å². The van der Waals surface area contributed by atoms with Gasteiger partial charge in [-0.3, -0.25) is 14.6 Å². The van der Waals surface area contributed by atoms with Crippen molar-refractivity contribution in [2.75, 3.05) is 51.1 Å². The number of benzene rings is 1.